The van der Waals surface area contributed by atoms with Crippen LogP contribution in [-0.4, -0.2) is 17.4 Å². The molecule has 0 aromatic carbocycles. The van der Waals surface area contributed by atoms with Crippen molar-refractivity contribution in [2.75, 3.05) is 0 Å². The number of allylic oxidation sites excluding steroid dienone is 2. The number of hydrogen-bond donors (Lipinski definition) is 0. The molecule has 0 amide bonds. The van der Waals surface area contributed by atoms with Crippen molar-refractivity contribution in [3.8, 4) is 0 Å². The second-order valence-corrected chi connectivity index (χ2v) is 8.09. The Balaban J connectivity index is 1.51. The van der Waals surface area contributed by atoms with Gasteiger partial charge in [-0.1, -0.05) is 12.2 Å². The maximum atomic E-state index is 12.6. The molecule has 0 aromatic heterocycles. The van der Waals surface area contributed by atoms with Gasteiger partial charge in [0.1, 0.15) is 0 Å². The summed E-state index contributed by atoms with van der Waals surface area (Å²) in [5, 5.41) is 0. The largest absolute Gasteiger partial charge is 0.451 e. The summed E-state index contributed by atoms with van der Waals surface area (Å²) in [5.41, 5.74) is -0.979. The standard InChI is InChI=1S/C18H24O3/c1-9(19)18(2,3)21-17(20)14-8-12-7-13(14)16-11-5-4-10(6-11)15(12)16/h4-5,10-16H,6-8H2,1-3H3. The molecule has 4 aliphatic rings. The molecule has 3 heteroatoms. The Hall–Kier alpha value is -1.12. The SMILES string of the molecule is CC(=O)C(C)(C)OC(=O)C1CC2CC1C1C3C=CC(C3)C21. The molecule has 0 saturated heterocycles. The van der Waals surface area contributed by atoms with E-state index >= 15 is 0 Å². The van der Waals surface area contributed by atoms with Crippen LogP contribution in [0.15, 0.2) is 12.2 Å². The molecular formula is C18H24O3. The van der Waals surface area contributed by atoms with Crippen molar-refractivity contribution in [2.24, 2.45) is 41.4 Å². The molecule has 3 nitrogen and oxygen atoms in total. The van der Waals surface area contributed by atoms with E-state index in [4.69, 9.17) is 4.74 Å². The first-order valence-corrected chi connectivity index (χ1v) is 8.30. The Morgan fingerprint density at radius 3 is 2.38 bits per heavy atom. The Bertz CT molecular complexity index is 533. The zero-order valence-electron chi connectivity index (χ0n) is 13.0. The molecule has 0 heterocycles. The highest BCUT2D eigenvalue weighted by Gasteiger charge is 2.62. The summed E-state index contributed by atoms with van der Waals surface area (Å²) in [4.78, 5) is 24.1. The molecule has 0 aliphatic heterocycles. The van der Waals surface area contributed by atoms with Crippen molar-refractivity contribution in [2.45, 2.75) is 45.6 Å². The maximum Gasteiger partial charge on any atom is 0.310 e. The molecule has 0 radical (unpaired) electrons. The second kappa shape index (κ2) is 4.21. The van der Waals surface area contributed by atoms with Crippen LogP contribution in [0.5, 0.6) is 0 Å². The molecule has 4 bridgehead atoms. The number of carbonyl (C=O) groups is 2. The topological polar surface area (TPSA) is 43.4 Å². The van der Waals surface area contributed by atoms with Crippen molar-refractivity contribution < 1.29 is 14.3 Å². The van der Waals surface area contributed by atoms with Crippen LogP contribution in [0.2, 0.25) is 0 Å². The maximum absolute atomic E-state index is 12.6. The molecule has 7 unspecified atom stereocenters. The van der Waals surface area contributed by atoms with Gasteiger partial charge >= 0.3 is 5.97 Å². The fraction of sp³-hybridized carbons (Fsp3) is 0.778. The predicted octanol–water partition coefficient (Wildman–Crippen LogP) is 2.99. The molecule has 21 heavy (non-hydrogen) atoms. The first kappa shape index (κ1) is 13.5. The van der Waals surface area contributed by atoms with E-state index in [1.54, 1.807) is 13.8 Å². The lowest BCUT2D eigenvalue weighted by Crippen LogP contribution is -2.41. The summed E-state index contributed by atoms with van der Waals surface area (Å²) in [6.07, 6.45) is 8.29. The van der Waals surface area contributed by atoms with Crippen molar-refractivity contribution in [3.63, 3.8) is 0 Å². The lowest BCUT2D eigenvalue weighted by molar-refractivity contribution is -0.169. The number of Topliss-reactive ketones (excluding diaryl/α,β-unsaturated/α-hetero) is 1. The summed E-state index contributed by atoms with van der Waals surface area (Å²) < 4.78 is 5.56. The van der Waals surface area contributed by atoms with Gasteiger partial charge in [0.05, 0.1) is 5.92 Å². The van der Waals surface area contributed by atoms with Gasteiger partial charge in [0.25, 0.3) is 0 Å². The number of rotatable bonds is 3. The number of hydrogen-bond acceptors (Lipinski definition) is 3. The third kappa shape index (κ3) is 1.79. The number of esters is 1. The van der Waals surface area contributed by atoms with Crippen molar-refractivity contribution in [1.29, 1.82) is 0 Å². The van der Waals surface area contributed by atoms with Crippen LogP contribution in [-0.2, 0) is 14.3 Å². The van der Waals surface area contributed by atoms with Crippen molar-refractivity contribution >= 4 is 11.8 Å². The fourth-order valence-corrected chi connectivity index (χ4v) is 5.69. The fourth-order valence-electron chi connectivity index (χ4n) is 5.69. The lowest BCUT2D eigenvalue weighted by atomic mass is 9.69. The third-order valence-corrected chi connectivity index (χ3v) is 6.78. The van der Waals surface area contributed by atoms with E-state index in [0.29, 0.717) is 23.7 Å². The van der Waals surface area contributed by atoms with Gasteiger partial charge in [0.15, 0.2) is 11.4 Å². The van der Waals surface area contributed by atoms with Crippen molar-refractivity contribution in [3.05, 3.63) is 12.2 Å². The monoisotopic (exact) mass is 288 g/mol. The molecule has 0 spiro atoms. The predicted molar refractivity (Wildman–Crippen MR) is 78.3 cm³/mol. The zero-order chi connectivity index (χ0) is 14.9. The Kier molecular flexibility index (Phi) is 2.71. The molecule has 4 aliphatic carbocycles. The molecule has 7 atom stereocenters. The number of fused-ring (bicyclic) bond motifs is 9. The van der Waals surface area contributed by atoms with Crippen LogP contribution >= 0.6 is 0 Å². The van der Waals surface area contributed by atoms with Crippen LogP contribution in [0.3, 0.4) is 0 Å². The van der Waals surface area contributed by atoms with E-state index in [2.05, 4.69) is 12.2 Å². The smallest absolute Gasteiger partial charge is 0.310 e. The summed E-state index contributed by atoms with van der Waals surface area (Å²) in [6.45, 7) is 4.89. The molecule has 114 valence electrons. The average Bonchev–Trinajstić information content (AvgIpc) is 3.16. The Morgan fingerprint density at radius 2 is 1.71 bits per heavy atom. The molecule has 3 saturated carbocycles. The number of carbonyl (C=O) groups excluding carboxylic acids is 2. The van der Waals surface area contributed by atoms with Crippen LogP contribution in [0.25, 0.3) is 0 Å². The van der Waals surface area contributed by atoms with E-state index in [0.717, 1.165) is 18.3 Å². The summed E-state index contributed by atoms with van der Waals surface area (Å²) in [5.74, 6) is 4.03. The minimum Gasteiger partial charge on any atom is -0.451 e. The minimum absolute atomic E-state index is 0.0302. The van der Waals surface area contributed by atoms with E-state index in [9.17, 15) is 9.59 Å². The van der Waals surface area contributed by atoms with Gasteiger partial charge in [-0.3, -0.25) is 9.59 Å². The highest BCUT2D eigenvalue weighted by molar-refractivity contribution is 5.87. The van der Waals surface area contributed by atoms with E-state index in [1.807, 2.05) is 0 Å². The molecule has 4 rings (SSSR count). The highest BCUT2D eigenvalue weighted by Crippen LogP contribution is 2.67. The van der Waals surface area contributed by atoms with Crippen LogP contribution in [0, 0.1) is 41.4 Å². The first-order valence-electron chi connectivity index (χ1n) is 8.30. The first-order chi connectivity index (χ1) is 9.88. The van der Waals surface area contributed by atoms with Crippen LogP contribution in [0.4, 0.5) is 0 Å². The average molecular weight is 288 g/mol. The molecular weight excluding hydrogens is 264 g/mol. The van der Waals surface area contributed by atoms with Gasteiger partial charge in [-0.2, -0.15) is 0 Å². The third-order valence-electron chi connectivity index (χ3n) is 6.78. The zero-order valence-corrected chi connectivity index (χ0v) is 13.0. The van der Waals surface area contributed by atoms with Gasteiger partial charge < -0.3 is 4.74 Å². The lowest BCUT2D eigenvalue weighted by Gasteiger charge is -2.36. The Labute approximate surface area is 126 Å². The van der Waals surface area contributed by atoms with Gasteiger partial charge in [-0.05, 0) is 75.5 Å². The summed E-state index contributed by atoms with van der Waals surface area (Å²) in [7, 11) is 0. The molecule has 0 aromatic rings. The second-order valence-electron chi connectivity index (χ2n) is 8.09. The van der Waals surface area contributed by atoms with Crippen molar-refractivity contribution in [1.82, 2.24) is 0 Å². The van der Waals surface area contributed by atoms with Gasteiger partial charge in [0, 0.05) is 0 Å². The quantitative estimate of drug-likeness (QED) is 0.455. The van der Waals surface area contributed by atoms with E-state index in [1.165, 1.54) is 19.8 Å². The number of ketones is 1. The van der Waals surface area contributed by atoms with Gasteiger partial charge in [0.2, 0.25) is 0 Å². The normalized spacial score (nSPS) is 46.0. The minimum atomic E-state index is -0.979. The van der Waals surface area contributed by atoms with Crippen LogP contribution < -0.4 is 0 Å². The summed E-state index contributed by atoms with van der Waals surface area (Å²) in [6, 6.07) is 0. The highest BCUT2D eigenvalue weighted by atomic mass is 16.6. The van der Waals surface area contributed by atoms with Gasteiger partial charge in [-0.25, -0.2) is 0 Å². The van der Waals surface area contributed by atoms with Crippen LogP contribution in [0.1, 0.15) is 40.0 Å². The van der Waals surface area contributed by atoms with E-state index < -0.39 is 5.60 Å². The van der Waals surface area contributed by atoms with Gasteiger partial charge in [-0.15, -0.1) is 0 Å². The summed E-state index contributed by atoms with van der Waals surface area (Å²) >= 11 is 0. The molecule has 3 fully saturated rings. The number of ether oxygens (including phenoxy) is 1. The molecule has 0 N–H and O–H groups in total. The van der Waals surface area contributed by atoms with E-state index in [-0.39, 0.29) is 17.7 Å². The Morgan fingerprint density at radius 1 is 1.05 bits per heavy atom.